The third kappa shape index (κ3) is 4.66. The van der Waals surface area contributed by atoms with Crippen LogP contribution in [0.1, 0.15) is 38.6 Å². The molecule has 1 aromatic heterocycles. The van der Waals surface area contributed by atoms with Crippen molar-refractivity contribution in [2.24, 2.45) is 0 Å². The minimum atomic E-state index is -0.581. The predicted molar refractivity (Wildman–Crippen MR) is 83.4 cm³/mol. The third-order valence-corrected chi connectivity index (χ3v) is 3.42. The van der Waals surface area contributed by atoms with Gasteiger partial charge in [-0.3, -0.25) is 14.7 Å². The van der Waals surface area contributed by atoms with Crippen molar-refractivity contribution in [3.63, 3.8) is 0 Å². The van der Waals surface area contributed by atoms with E-state index in [0.29, 0.717) is 24.4 Å². The van der Waals surface area contributed by atoms with E-state index in [1.807, 2.05) is 0 Å². The van der Waals surface area contributed by atoms with Crippen LogP contribution in [0.4, 0.5) is 4.79 Å². The van der Waals surface area contributed by atoms with Gasteiger partial charge in [0.2, 0.25) is 5.91 Å². The van der Waals surface area contributed by atoms with Crippen LogP contribution in [-0.2, 0) is 22.7 Å². The molecular weight excluding hydrogens is 298 g/mol. The molecule has 0 radical (unpaired) electrons. The van der Waals surface area contributed by atoms with E-state index in [9.17, 15) is 9.59 Å². The Morgan fingerprint density at radius 1 is 1.39 bits per heavy atom. The fourth-order valence-electron chi connectivity index (χ4n) is 2.21. The summed E-state index contributed by atoms with van der Waals surface area (Å²) in [5.74, 6) is -0.224. The molecule has 0 spiro atoms. The zero-order valence-corrected chi connectivity index (χ0v) is 13.7. The van der Waals surface area contributed by atoms with Crippen LogP contribution in [0.25, 0.3) is 0 Å². The molecule has 2 rings (SSSR count). The molecule has 1 saturated heterocycles. The standard InChI is InChI=1S/C16H23N3O4/c1-16(2,3)23-15(22)19-8-7-13(19)14(21)17-9-11-5-4-6-12(10-20)18-11/h4-6,13,20H,7-10H2,1-3H3,(H,17,21)/t13-/m1/s1. The second-order valence-electron chi connectivity index (χ2n) is 6.47. The van der Waals surface area contributed by atoms with Crippen LogP contribution < -0.4 is 5.32 Å². The molecule has 2 amide bonds. The number of pyridine rings is 1. The fourth-order valence-corrected chi connectivity index (χ4v) is 2.21. The van der Waals surface area contributed by atoms with Crippen molar-refractivity contribution in [2.45, 2.75) is 52.0 Å². The summed E-state index contributed by atoms with van der Waals surface area (Å²) in [6.45, 7) is 6.01. The SMILES string of the molecule is CC(C)(C)OC(=O)N1CC[C@@H]1C(=O)NCc1cccc(CO)n1. The Labute approximate surface area is 135 Å². The molecule has 2 heterocycles. The van der Waals surface area contributed by atoms with E-state index in [0.717, 1.165) is 0 Å². The maximum absolute atomic E-state index is 12.2. The number of aliphatic hydroxyl groups excluding tert-OH is 1. The Morgan fingerprint density at radius 3 is 2.65 bits per heavy atom. The van der Waals surface area contributed by atoms with Crippen molar-refractivity contribution in [3.8, 4) is 0 Å². The van der Waals surface area contributed by atoms with Gasteiger partial charge in [-0.05, 0) is 39.3 Å². The Morgan fingerprint density at radius 2 is 2.09 bits per heavy atom. The van der Waals surface area contributed by atoms with Gasteiger partial charge < -0.3 is 15.2 Å². The number of carbonyl (C=O) groups excluding carboxylic acids is 2. The molecule has 1 aliphatic rings. The number of aliphatic hydroxyl groups is 1. The molecule has 1 fully saturated rings. The lowest BCUT2D eigenvalue weighted by molar-refractivity contribution is -0.130. The molecule has 1 aromatic rings. The van der Waals surface area contributed by atoms with Gasteiger partial charge in [0.1, 0.15) is 11.6 Å². The van der Waals surface area contributed by atoms with Crippen molar-refractivity contribution < 1.29 is 19.4 Å². The summed E-state index contributed by atoms with van der Waals surface area (Å²) in [5, 5.41) is 11.8. The van der Waals surface area contributed by atoms with E-state index in [4.69, 9.17) is 9.84 Å². The molecule has 2 N–H and O–H groups in total. The van der Waals surface area contributed by atoms with Gasteiger partial charge in [-0.2, -0.15) is 0 Å². The number of rotatable bonds is 4. The predicted octanol–water partition coefficient (Wildman–Crippen LogP) is 1.20. The molecule has 1 atom stereocenters. The van der Waals surface area contributed by atoms with Crippen LogP contribution in [0.15, 0.2) is 18.2 Å². The first-order valence-electron chi connectivity index (χ1n) is 7.63. The molecule has 126 valence electrons. The van der Waals surface area contributed by atoms with Crippen molar-refractivity contribution in [3.05, 3.63) is 29.6 Å². The van der Waals surface area contributed by atoms with Crippen molar-refractivity contribution >= 4 is 12.0 Å². The summed E-state index contributed by atoms with van der Waals surface area (Å²) >= 11 is 0. The van der Waals surface area contributed by atoms with Gasteiger partial charge in [-0.15, -0.1) is 0 Å². The molecule has 23 heavy (non-hydrogen) atoms. The van der Waals surface area contributed by atoms with Gasteiger partial charge in [0.05, 0.1) is 24.5 Å². The van der Waals surface area contributed by atoms with Gasteiger partial charge >= 0.3 is 6.09 Å². The van der Waals surface area contributed by atoms with Crippen molar-refractivity contribution in [2.75, 3.05) is 6.54 Å². The van der Waals surface area contributed by atoms with E-state index in [1.165, 1.54) is 4.90 Å². The number of nitrogens with zero attached hydrogens (tertiary/aromatic N) is 2. The highest BCUT2D eigenvalue weighted by Gasteiger charge is 2.39. The lowest BCUT2D eigenvalue weighted by Crippen LogP contribution is -2.59. The smallest absolute Gasteiger partial charge is 0.410 e. The summed E-state index contributed by atoms with van der Waals surface area (Å²) in [5.41, 5.74) is 0.631. The van der Waals surface area contributed by atoms with E-state index in [2.05, 4.69) is 10.3 Å². The average Bonchev–Trinajstić information content (AvgIpc) is 2.42. The molecule has 1 aliphatic heterocycles. The first-order chi connectivity index (χ1) is 10.8. The highest BCUT2D eigenvalue weighted by atomic mass is 16.6. The number of carbonyl (C=O) groups is 2. The zero-order chi connectivity index (χ0) is 17.0. The number of ether oxygens (including phenoxy) is 1. The van der Waals surface area contributed by atoms with Crippen LogP contribution in [0.5, 0.6) is 0 Å². The van der Waals surface area contributed by atoms with Crippen molar-refractivity contribution in [1.29, 1.82) is 0 Å². The van der Waals surface area contributed by atoms with E-state index in [-0.39, 0.29) is 19.1 Å². The molecule has 0 aromatic carbocycles. The summed E-state index contributed by atoms with van der Waals surface area (Å²) < 4.78 is 5.28. The van der Waals surface area contributed by atoms with E-state index >= 15 is 0 Å². The van der Waals surface area contributed by atoms with Crippen LogP contribution in [-0.4, -0.2) is 45.2 Å². The monoisotopic (exact) mass is 321 g/mol. The molecule has 7 nitrogen and oxygen atoms in total. The largest absolute Gasteiger partial charge is 0.444 e. The topological polar surface area (TPSA) is 91.8 Å². The van der Waals surface area contributed by atoms with Gasteiger partial charge in [0, 0.05) is 6.54 Å². The average molecular weight is 321 g/mol. The summed E-state index contributed by atoms with van der Waals surface area (Å²) in [7, 11) is 0. The second kappa shape index (κ2) is 6.95. The molecule has 0 saturated carbocycles. The highest BCUT2D eigenvalue weighted by molar-refractivity contribution is 5.87. The molecule has 0 unspecified atom stereocenters. The Kier molecular flexibility index (Phi) is 5.20. The lowest BCUT2D eigenvalue weighted by atomic mass is 10.0. The summed E-state index contributed by atoms with van der Waals surface area (Å²) in [6, 6.07) is 4.76. The molecule has 7 heteroatoms. The normalized spacial score (nSPS) is 17.4. The van der Waals surface area contributed by atoms with Crippen molar-refractivity contribution in [1.82, 2.24) is 15.2 Å². The van der Waals surface area contributed by atoms with Gasteiger partial charge in [-0.25, -0.2) is 4.79 Å². The van der Waals surface area contributed by atoms with Crippen LogP contribution in [0, 0.1) is 0 Å². The molecule has 0 bridgehead atoms. The Bertz CT molecular complexity index is 583. The van der Waals surface area contributed by atoms with Crippen LogP contribution in [0.2, 0.25) is 0 Å². The number of hydrogen-bond acceptors (Lipinski definition) is 5. The van der Waals surface area contributed by atoms with Gasteiger partial charge in [0.15, 0.2) is 0 Å². The van der Waals surface area contributed by atoms with Gasteiger partial charge in [0.25, 0.3) is 0 Å². The van der Waals surface area contributed by atoms with E-state index < -0.39 is 17.7 Å². The number of hydrogen-bond donors (Lipinski definition) is 2. The fraction of sp³-hybridized carbons (Fsp3) is 0.562. The van der Waals surface area contributed by atoms with Crippen LogP contribution in [0.3, 0.4) is 0 Å². The lowest BCUT2D eigenvalue weighted by Gasteiger charge is -2.40. The number of likely N-dealkylation sites (tertiary alicyclic amines) is 1. The number of amides is 2. The summed E-state index contributed by atoms with van der Waals surface area (Å²) in [6.07, 6.45) is 0.152. The number of nitrogens with one attached hydrogen (secondary N) is 1. The minimum Gasteiger partial charge on any atom is -0.444 e. The first kappa shape index (κ1) is 17.2. The minimum absolute atomic E-state index is 0.142. The maximum Gasteiger partial charge on any atom is 0.410 e. The van der Waals surface area contributed by atoms with Gasteiger partial charge in [-0.1, -0.05) is 6.07 Å². The van der Waals surface area contributed by atoms with Crippen LogP contribution >= 0.6 is 0 Å². The highest BCUT2D eigenvalue weighted by Crippen LogP contribution is 2.21. The number of aromatic nitrogens is 1. The Balaban J connectivity index is 1.87. The first-order valence-corrected chi connectivity index (χ1v) is 7.63. The maximum atomic E-state index is 12.2. The third-order valence-electron chi connectivity index (χ3n) is 3.42. The van der Waals surface area contributed by atoms with E-state index in [1.54, 1.807) is 39.0 Å². The summed E-state index contributed by atoms with van der Waals surface area (Å²) in [4.78, 5) is 29.8. The quantitative estimate of drug-likeness (QED) is 0.869. The zero-order valence-electron chi connectivity index (χ0n) is 13.7. The Hall–Kier alpha value is -2.15. The molecular formula is C16H23N3O4. The molecule has 0 aliphatic carbocycles. The second-order valence-corrected chi connectivity index (χ2v) is 6.47.